The highest BCUT2D eigenvalue weighted by Gasteiger charge is 2.27. The van der Waals surface area contributed by atoms with Crippen LogP contribution in [-0.4, -0.2) is 24.5 Å². The third kappa shape index (κ3) is 2.36. The van der Waals surface area contributed by atoms with Crippen LogP contribution in [0.4, 0.5) is 4.39 Å². The number of benzene rings is 1. The van der Waals surface area contributed by atoms with Crippen molar-refractivity contribution in [2.75, 3.05) is 19.6 Å². The highest BCUT2D eigenvalue weighted by atomic mass is 79.9. The Morgan fingerprint density at radius 1 is 1.47 bits per heavy atom. The number of hydrogen-bond donors (Lipinski definition) is 0. The van der Waals surface area contributed by atoms with Gasteiger partial charge in [-0.1, -0.05) is 15.9 Å². The second kappa shape index (κ2) is 4.30. The number of likely N-dealkylation sites (tertiary alicyclic amines) is 1. The van der Waals surface area contributed by atoms with Gasteiger partial charge in [-0.3, -0.25) is 4.90 Å². The Morgan fingerprint density at radius 3 is 2.80 bits per heavy atom. The molecule has 1 aliphatic rings. The Bertz CT molecular complexity index is 387. The van der Waals surface area contributed by atoms with Gasteiger partial charge in [0.05, 0.1) is 12.6 Å². The lowest BCUT2D eigenvalue weighted by atomic mass is 9.91. The van der Waals surface area contributed by atoms with E-state index in [0.717, 1.165) is 23.1 Å². The van der Waals surface area contributed by atoms with Crippen molar-refractivity contribution in [1.82, 2.24) is 4.90 Å². The molecule has 2 rings (SSSR count). The normalized spacial score (nSPS) is 17.1. The molecule has 0 N–H and O–H groups in total. The Morgan fingerprint density at radius 2 is 2.20 bits per heavy atom. The van der Waals surface area contributed by atoms with Gasteiger partial charge >= 0.3 is 0 Å². The molecule has 78 valence electrons. The molecule has 0 saturated carbocycles. The van der Waals surface area contributed by atoms with Crippen LogP contribution in [0, 0.1) is 17.1 Å². The third-order valence-corrected chi connectivity index (χ3v) is 3.07. The van der Waals surface area contributed by atoms with Crippen LogP contribution < -0.4 is 0 Å². The first-order valence-electron chi connectivity index (χ1n) is 4.74. The largest absolute Gasteiger partial charge is 0.289 e. The number of hydrogen-bond acceptors (Lipinski definition) is 2. The molecule has 0 atom stereocenters. The zero-order valence-electron chi connectivity index (χ0n) is 8.08. The van der Waals surface area contributed by atoms with Crippen LogP contribution in [0.1, 0.15) is 11.5 Å². The smallest absolute Gasteiger partial charge is 0.124 e. The van der Waals surface area contributed by atoms with Crippen molar-refractivity contribution in [2.24, 2.45) is 0 Å². The van der Waals surface area contributed by atoms with Gasteiger partial charge in [-0.25, -0.2) is 4.39 Å². The number of rotatable bonds is 2. The van der Waals surface area contributed by atoms with E-state index in [0.29, 0.717) is 12.5 Å². The summed E-state index contributed by atoms with van der Waals surface area (Å²) in [6.45, 7) is 2.17. The summed E-state index contributed by atoms with van der Waals surface area (Å²) in [4.78, 5) is 2.05. The summed E-state index contributed by atoms with van der Waals surface area (Å²) < 4.78 is 13.9. The van der Waals surface area contributed by atoms with Crippen molar-refractivity contribution in [1.29, 1.82) is 5.26 Å². The van der Waals surface area contributed by atoms with E-state index in [1.54, 1.807) is 6.07 Å². The van der Waals surface area contributed by atoms with Crippen molar-refractivity contribution < 1.29 is 4.39 Å². The molecule has 1 heterocycles. The van der Waals surface area contributed by atoms with Gasteiger partial charge in [0.25, 0.3) is 0 Å². The first-order valence-corrected chi connectivity index (χ1v) is 5.53. The second-order valence-electron chi connectivity index (χ2n) is 3.75. The molecule has 0 unspecified atom stereocenters. The summed E-state index contributed by atoms with van der Waals surface area (Å²) in [6, 6.07) is 7.07. The number of halogens is 2. The minimum atomic E-state index is -0.210. The molecular weight excluding hydrogens is 259 g/mol. The van der Waals surface area contributed by atoms with E-state index in [1.165, 1.54) is 6.07 Å². The van der Waals surface area contributed by atoms with Crippen LogP contribution in [0.3, 0.4) is 0 Å². The molecule has 0 spiro atoms. The molecule has 1 aromatic carbocycles. The maximum absolute atomic E-state index is 13.1. The van der Waals surface area contributed by atoms with Crippen molar-refractivity contribution in [3.8, 4) is 6.07 Å². The monoisotopic (exact) mass is 268 g/mol. The fourth-order valence-electron chi connectivity index (χ4n) is 1.82. The Labute approximate surface area is 96.4 Å². The minimum Gasteiger partial charge on any atom is -0.289 e. The zero-order chi connectivity index (χ0) is 10.8. The Kier molecular flexibility index (Phi) is 3.03. The first-order chi connectivity index (χ1) is 7.19. The Hall–Kier alpha value is -0.920. The fraction of sp³-hybridized carbons (Fsp3) is 0.364. The topological polar surface area (TPSA) is 27.0 Å². The molecule has 0 aliphatic carbocycles. The van der Waals surface area contributed by atoms with E-state index in [1.807, 2.05) is 11.0 Å². The maximum atomic E-state index is 13.1. The molecule has 1 aromatic rings. The highest BCUT2D eigenvalue weighted by Crippen LogP contribution is 2.29. The van der Waals surface area contributed by atoms with E-state index in [9.17, 15) is 4.39 Å². The van der Waals surface area contributed by atoms with E-state index in [2.05, 4.69) is 22.0 Å². The summed E-state index contributed by atoms with van der Waals surface area (Å²) in [5, 5.41) is 8.49. The van der Waals surface area contributed by atoms with Gasteiger partial charge < -0.3 is 0 Å². The Balaban J connectivity index is 2.04. The second-order valence-corrected chi connectivity index (χ2v) is 4.67. The van der Waals surface area contributed by atoms with Gasteiger partial charge in [-0.05, 0) is 23.8 Å². The summed E-state index contributed by atoms with van der Waals surface area (Å²) in [5.41, 5.74) is 1.01. The van der Waals surface area contributed by atoms with Crippen LogP contribution in [0.25, 0.3) is 0 Å². The van der Waals surface area contributed by atoms with E-state index in [4.69, 9.17) is 5.26 Å². The molecule has 2 nitrogen and oxygen atoms in total. The van der Waals surface area contributed by atoms with Crippen LogP contribution in [0.5, 0.6) is 0 Å². The van der Waals surface area contributed by atoms with Crippen LogP contribution in [0.15, 0.2) is 22.7 Å². The predicted octanol–water partition coefficient (Wildman–Crippen LogP) is 2.51. The van der Waals surface area contributed by atoms with Gasteiger partial charge in [0.2, 0.25) is 0 Å². The molecule has 15 heavy (non-hydrogen) atoms. The van der Waals surface area contributed by atoms with Crippen LogP contribution in [0.2, 0.25) is 0 Å². The molecule has 1 fully saturated rings. The summed E-state index contributed by atoms with van der Waals surface area (Å²) >= 11 is 3.27. The maximum Gasteiger partial charge on any atom is 0.124 e. The van der Waals surface area contributed by atoms with E-state index < -0.39 is 0 Å². The van der Waals surface area contributed by atoms with Gasteiger partial charge in [0.15, 0.2) is 0 Å². The molecule has 1 saturated heterocycles. The van der Waals surface area contributed by atoms with E-state index in [-0.39, 0.29) is 5.82 Å². The SMILES string of the molecule is N#CCN1CC(c2cc(F)cc(Br)c2)C1. The van der Waals surface area contributed by atoms with Crippen LogP contribution in [-0.2, 0) is 0 Å². The molecule has 0 radical (unpaired) electrons. The van der Waals surface area contributed by atoms with Crippen molar-refractivity contribution in [3.63, 3.8) is 0 Å². The summed E-state index contributed by atoms with van der Waals surface area (Å²) in [7, 11) is 0. The van der Waals surface area contributed by atoms with Crippen molar-refractivity contribution in [3.05, 3.63) is 34.1 Å². The van der Waals surface area contributed by atoms with Crippen LogP contribution >= 0.6 is 15.9 Å². The first kappa shape index (κ1) is 10.6. The molecule has 0 amide bonds. The number of nitrogens with zero attached hydrogens (tertiary/aromatic N) is 2. The lowest BCUT2D eigenvalue weighted by molar-refractivity contribution is 0.169. The molecule has 0 aromatic heterocycles. The molecule has 1 aliphatic heterocycles. The number of nitriles is 1. The summed E-state index contributed by atoms with van der Waals surface area (Å²) in [5.74, 6) is 0.156. The lowest BCUT2D eigenvalue weighted by Crippen LogP contribution is -2.44. The third-order valence-electron chi connectivity index (χ3n) is 2.61. The fourth-order valence-corrected chi connectivity index (χ4v) is 2.30. The van der Waals surface area contributed by atoms with Crippen molar-refractivity contribution in [2.45, 2.75) is 5.92 Å². The molecule has 0 bridgehead atoms. The summed E-state index contributed by atoms with van der Waals surface area (Å²) in [6.07, 6.45) is 0. The highest BCUT2D eigenvalue weighted by molar-refractivity contribution is 9.10. The predicted molar refractivity (Wildman–Crippen MR) is 58.9 cm³/mol. The van der Waals surface area contributed by atoms with Crippen molar-refractivity contribution >= 4 is 15.9 Å². The molecular formula is C11H10BrFN2. The van der Waals surface area contributed by atoms with Gasteiger partial charge in [0, 0.05) is 23.5 Å². The average molecular weight is 269 g/mol. The van der Waals surface area contributed by atoms with Gasteiger partial charge in [-0.2, -0.15) is 5.26 Å². The zero-order valence-corrected chi connectivity index (χ0v) is 9.67. The standard InChI is InChI=1S/C11H10BrFN2/c12-10-3-8(4-11(13)5-10)9-6-15(7-9)2-1-14/h3-5,9H,2,6-7H2. The minimum absolute atomic E-state index is 0.210. The quantitative estimate of drug-likeness (QED) is 0.771. The molecule has 4 heteroatoms. The lowest BCUT2D eigenvalue weighted by Gasteiger charge is -2.37. The van der Waals surface area contributed by atoms with Gasteiger partial charge in [-0.15, -0.1) is 0 Å². The van der Waals surface area contributed by atoms with Gasteiger partial charge in [0.1, 0.15) is 5.82 Å². The average Bonchev–Trinajstić information content (AvgIpc) is 2.08. The van der Waals surface area contributed by atoms with E-state index >= 15 is 0 Å².